The largest absolute Gasteiger partial charge is 0.493 e. The van der Waals surface area contributed by atoms with Crippen LogP contribution in [0.15, 0.2) is 29.1 Å². The lowest BCUT2D eigenvalue weighted by Gasteiger charge is -2.09. The van der Waals surface area contributed by atoms with Crippen molar-refractivity contribution in [2.45, 2.75) is 0 Å². The summed E-state index contributed by atoms with van der Waals surface area (Å²) in [5.74, 6) is 2.46. The van der Waals surface area contributed by atoms with Gasteiger partial charge in [0.15, 0.2) is 23.0 Å². The molecule has 2 N–H and O–H groups in total. The van der Waals surface area contributed by atoms with Gasteiger partial charge < -0.3 is 28.9 Å². The maximum atomic E-state index is 12.7. The van der Waals surface area contributed by atoms with Crippen LogP contribution in [0.1, 0.15) is 0 Å². The number of aromatic amines is 2. The zero-order chi connectivity index (χ0) is 17.1. The summed E-state index contributed by atoms with van der Waals surface area (Å²) >= 11 is 0. The molecule has 0 fully saturated rings. The number of nitrogens with one attached hydrogen (secondary N) is 2. The molecule has 0 radical (unpaired) electrons. The van der Waals surface area contributed by atoms with Gasteiger partial charge >= 0.3 is 0 Å². The first-order chi connectivity index (χ1) is 12.2. The Morgan fingerprint density at radius 2 is 1.56 bits per heavy atom. The van der Waals surface area contributed by atoms with Gasteiger partial charge in [-0.15, -0.1) is 0 Å². The van der Waals surface area contributed by atoms with Crippen molar-refractivity contribution in [2.24, 2.45) is 0 Å². The van der Waals surface area contributed by atoms with Crippen molar-refractivity contribution in [3.05, 3.63) is 34.6 Å². The second-order valence-corrected chi connectivity index (χ2v) is 5.83. The van der Waals surface area contributed by atoms with Crippen molar-refractivity contribution in [1.29, 1.82) is 0 Å². The maximum Gasteiger partial charge on any atom is 0.258 e. The molecule has 1 aliphatic rings. The fraction of sp³-hybridized carbons (Fsp3) is 0.167. The van der Waals surface area contributed by atoms with Gasteiger partial charge in [0.2, 0.25) is 6.79 Å². The number of hydrogen-bond acceptors (Lipinski definition) is 5. The third-order valence-corrected chi connectivity index (χ3v) is 4.56. The Morgan fingerprint density at radius 3 is 2.32 bits per heavy atom. The van der Waals surface area contributed by atoms with Gasteiger partial charge in [0, 0.05) is 22.9 Å². The maximum absolute atomic E-state index is 12.7. The second kappa shape index (κ2) is 4.83. The molecule has 7 heteroatoms. The van der Waals surface area contributed by atoms with Gasteiger partial charge in [-0.25, -0.2) is 0 Å². The molecule has 0 saturated carbocycles. The molecule has 7 nitrogen and oxygen atoms in total. The van der Waals surface area contributed by atoms with E-state index in [9.17, 15) is 4.79 Å². The Kier molecular flexibility index (Phi) is 2.71. The predicted molar refractivity (Wildman–Crippen MR) is 93.2 cm³/mol. The van der Waals surface area contributed by atoms with E-state index >= 15 is 0 Å². The number of hydrogen-bond donors (Lipinski definition) is 2. The third-order valence-electron chi connectivity index (χ3n) is 4.56. The van der Waals surface area contributed by atoms with Crippen LogP contribution in [0.2, 0.25) is 0 Å². The predicted octanol–water partition coefficient (Wildman–Crippen LogP) is 2.91. The summed E-state index contributed by atoms with van der Waals surface area (Å²) in [5.41, 5.74) is 2.03. The van der Waals surface area contributed by atoms with E-state index in [2.05, 4.69) is 9.97 Å². The van der Waals surface area contributed by atoms with Crippen LogP contribution in [-0.2, 0) is 0 Å². The lowest BCUT2D eigenvalue weighted by Crippen LogP contribution is -2.06. The van der Waals surface area contributed by atoms with E-state index in [4.69, 9.17) is 18.9 Å². The fourth-order valence-corrected chi connectivity index (χ4v) is 3.40. The lowest BCUT2D eigenvalue weighted by atomic mass is 10.1. The summed E-state index contributed by atoms with van der Waals surface area (Å²) in [5, 5.41) is 2.20. The summed E-state index contributed by atoms with van der Waals surface area (Å²) in [6.07, 6.45) is 0. The van der Waals surface area contributed by atoms with Crippen molar-refractivity contribution >= 4 is 32.7 Å². The first kappa shape index (κ1) is 14.0. The SMILES string of the molecule is COc1cc2[nH]c(=O)c3c4cc5c(cc4[nH]c3c2cc1OC)OCO5. The van der Waals surface area contributed by atoms with Gasteiger partial charge in [-0.1, -0.05) is 0 Å². The van der Waals surface area contributed by atoms with Crippen molar-refractivity contribution in [1.82, 2.24) is 9.97 Å². The standard InChI is InChI=1S/C18H14N2O5/c1-22-12-4-9-11(5-13(12)23-2)20-18(21)16-8-3-14-15(25-7-24-14)6-10(8)19-17(9)16/h3-6,19H,7H2,1-2H3,(H,20,21). The Hall–Kier alpha value is -3.35. The van der Waals surface area contributed by atoms with Crippen molar-refractivity contribution < 1.29 is 18.9 Å². The Balaban J connectivity index is 1.95. The molecule has 4 aromatic rings. The fourth-order valence-electron chi connectivity index (χ4n) is 3.40. The highest BCUT2D eigenvalue weighted by Gasteiger charge is 2.20. The van der Waals surface area contributed by atoms with Gasteiger partial charge in [-0.3, -0.25) is 4.79 Å². The molecule has 0 bridgehead atoms. The number of fused-ring (bicyclic) bond motifs is 6. The van der Waals surface area contributed by atoms with E-state index in [1.165, 1.54) is 0 Å². The normalized spacial score (nSPS) is 13.0. The van der Waals surface area contributed by atoms with Crippen LogP contribution in [0.5, 0.6) is 23.0 Å². The summed E-state index contributed by atoms with van der Waals surface area (Å²) in [6.45, 7) is 0.191. The zero-order valence-corrected chi connectivity index (χ0v) is 13.6. The van der Waals surface area contributed by atoms with Crippen LogP contribution in [0, 0.1) is 0 Å². The van der Waals surface area contributed by atoms with Crippen molar-refractivity contribution in [2.75, 3.05) is 21.0 Å². The van der Waals surface area contributed by atoms with Gasteiger partial charge in [0.1, 0.15) is 0 Å². The summed E-state index contributed by atoms with van der Waals surface area (Å²) in [6, 6.07) is 7.29. The van der Waals surface area contributed by atoms with Gasteiger partial charge in [0.25, 0.3) is 5.56 Å². The minimum atomic E-state index is -0.181. The monoisotopic (exact) mass is 338 g/mol. The summed E-state index contributed by atoms with van der Waals surface area (Å²) in [4.78, 5) is 19.0. The molecule has 3 heterocycles. The number of benzene rings is 2. The van der Waals surface area contributed by atoms with Gasteiger partial charge in [-0.2, -0.15) is 0 Å². The van der Waals surface area contributed by atoms with Crippen LogP contribution in [-0.4, -0.2) is 31.0 Å². The van der Waals surface area contributed by atoms with Crippen LogP contribution in [0.3, 0.4) is 0 Å². The smallest absolute Gasteiger partial charge is 0.258 e. The number of methoxy groups -OCH3 is 2. The third kappa shape index (κ3) is 1.83. The van der Waals surface area contributed by atoms with Crippen LogP contribution >= 0.6 is 0 Å². The molecule has 0 spiro atoms. The molecule has 0 saturated heterocycles. The molecule has 1 aliphatic heterocycles. The zero-order valence-electron chi connectivity index (χ0n) is 13.6. The summed E-state index contributed by atoms with van der Waals surface area (Å²) < 4.78 is 21.6. The first-order valence-corrected chi connectivity index (χ1v) is 7.72. The minimum Gasteiger partial charge on any atom is -0.493 e. The topological polar surface area (TPSA) is 85.6 Å². The van der Waals surface area contributed by atoms with Gasteiger partial charge in [0.05, 0.1) is 36.2 Å². The molecule has 0 aliphatic carbocycles. The molecule has 0 atom stereocenters. The quantitative estimate of drug-likeness (QED) is 0.587. The van der Waals surface area contributed by atoms with Crippen LogP contribution < -0.4 is 24.5 Å². The van der Waals surface area contributed by atoms with Gasteiger partial charge in [-0.05, 0) is 12.1 Å². The Morgan fingerprint density at radius 1 is 0.880 bits per heavy atom. The molecule has 2 aromatic heterocycles. The Labute approximate surface area is 141 Å². The molecule has 25 heavy (non-hydrogen) atoms. The highest BCUT2D eigenvalue weighted by Crippen LogP contribution is 2.40. The van der Waals surface area contributed by atoms with Crippen LogP contribution in [0.25, 0.3) is 32.7 Å². The molecule has 2 aromatic carbocycles. The van der Waals surface area contributed by atoms with E-state index in [1.54, 1.807) is 20.3 Å². The highest BCUT2D eigenvalue weighted by atomic mass is 16.7. The second-order valence-electron chi connectivity index (χ2n) is 5.83. The summed E-state index contributed by atoms with van der Waals surface area (Å²) in [7, 11) is 3.14. The average molecular weight is 338 g/mol. The van der Waals surface area contributed by atoms with E-state index in [0.717, 1.165) is 21.8 Å². The highest BCUT2D eigenvalue weighted by molar-refractivity contribution is 6.16. The molecule has 5 rings (SSSR count). The van der Waals surface area contributed by atoms with E-state index in [1.807, 2.05) is 18.2 Å². The number of aromatic nitrogens is 2. The number of rotatable bonds is 2. The molecular weight excluding hydrogens is 324 g/mol. The van der Waals surface area contributed by atoms with Crippen LogP contribution in [0.4, 0.5) is 0 Å². The molecule has 0 unspecified atom stereocenters. The minimum absolute atomic E-state index is 0.181. The number of ether oxygens (including phenoxy) is 4. The van der Waals surface area contributed by atoms with E-state index in [-0.39, 0.29) is 12.4 Å². The molecular formula is C18H14N2O5. The van der Waals surface area contributed by atoms with E-state index < -0.39 is 0 Å². The molecule has 0 amide bonds. The van der Waals surface area contributed by atoms with Crippen molar-refractivity contribution in [3.63, 3.8) is 0 Å². The lowest BCUT2D eigenvalue weighted by molar-refractivity contribution is 0.174. The van der Waals surface area contributed by atoms with Crippen molar-refractivity contribution in [3.8, 4) is 23.0 Å². The number of H-pyrrole nitrogens is 2. The Bertz CT molecular complexity index is 1220. The van der Waals surface area contributed by atoms with E-state index in [0.29, 0.717) is 33.9 Å². The average Bonchev–Trinajstić information content (AvgIpc) is 3.22. The first-order valence-electron chi connectivity index (χ1n) is 7.72. The number of pyridine rings is 1. The molecule has 126 valence electrons.